The van der Waals surface area contributed by atoms with E-state index in [0.717, 1.165) is 10.2 Å². The smallest absolute Gasteiger partial charge is 0.225 e. The van der Waals surface area contributed by atoms with E-state index >= 15 is 0 Å². The predicted octanol–water partition coefficient (Wildman–Crippen LogP) is 4.27. The van der Waals surface area contributed by atoms with E-state index in [1.807, 2.05) is 11.4 Å². The SMILES string of the molecule is CNc1nc(Nc2cc(F)ccc2Cl)c2ccsc2n1. The second kappa shape index (κ2) is 5.22. The lowest BCUT2D eigenvalue weighted by atomic mass is 10.3. The molecule has 0 spiro atoms. The zero-order valence-electron chi connectivity index (χ0n) is 10.4. The van der Waals surface area contributed by atoms with Gasteiger partial charge in [-0.3, -0.25) is 0 Å². The van der Waals surface area contributed by atoms with E-state index in [2.05, 4.69) is 20.6 Å². The molecule has 2 heterocycles. The molecule has 0 radical (unpaired) electrons. The summed E-state index contributed by atoms with van der Waals surface area (Å²) >= 11 is 7.57. The molecule has 3 aromatic rings. The second-order valence-electron chi connectivity index (χ2n) is 4.03. The summed E-state index contributed by atoms with van der Waals surface area (Å²) in [6.07, 6.45) is 0. The third-order valence-electron chi connectivity index (χ3n) is 2.73. The van der Waals surface area contributed by atoms with Crippen LogP contribution in [0.1, 0.15) is 0 Å². The Morgan fingerprint density at radius 3 is 2.90 bits per heavy atom. The summed E-state index contributed by atoms with van der Waals surface area (Å²) in [5, 5.41) is 9.19. The standard InChI is InChI=1S/C13H10ClFN4S/c1-16-13-18-11(8-4-5-20-12(8)19-13)17-10-6-7(15)2-3-9(10)14/h2-6H,1H3,(H2,16,17,18,19). The van der Waals surface area contributed by atoms with Crippen molar-refractivity contribution in [3.63, 3.8) is 0 Å². The second-order valence-corrected chi connectivity index (χ2v) is 5.34. The van der Waals surface area contributed by atoms with Gasteiger partial charge in [-0.05, 0) is 29.6 Å². The molecule has 0 saturated carbocycles. The fourth-order valence-electron chi connectivity index (χ4n) is 1.78. The van der Waals surface area contributed by atoms with Gasteiger partial charge in [-0.25, -0.2) is 9.37 Å². The molecule has 0 aliphatic rings. The average Bonchev–Trinajstić information content (AvgIpc) is 2.91. The van der Waals surface area contributed by atoms with E-state index in [1.54, 1.807) is 7.05 Å². The van der Waals surface area contributed by atoms with E-state index in [4.69, 9.17) is 11.6 Å². The van der Waals surface area contributed by atoms with Crippen molar-refractivity contribution in [1.82, 2.24) is 9.97 Å². The van der Waals surface area contributed by atoms with E-state index < -0.39 is 0 Å². The molecule has 0 aliphatic carbocycles. The lowest BCUT2D eigenvalue weighted by molar-refractivity contribution is 0.628. The van der Waals surface area contributed by atoms with Crippen molar-refractivity contribution < 1.29 is 4.39 Å². The number of aromatic nitrogens is 2. The summed E-state index contributed by atoms with van der Waals surface area (Å²) in [5.41, 5.74) is 0.472. The quantitative estimate of drug-likeness (QED) is 0.758. The summed E-state index contributed by atoms with van der Waals surface area (Å²) < 4.78 is 13.3. The molecule has 3 rings (SSSR count). The topological polar surface area (TPSA) is 49.8 Å². The van der Waals surface area contributed by atoms with Gasteiger partial charge in [0.15, 0.2) is 0 Å². The molecule has 0 aliphatic heterocycles. The van der Waals surface area contributed by atoms with Gasteiger partial charge in [-0.15, -0.1) is 11.3 Å². The van der Waals surface area contributed by atoms with Gasteiger partial charge in [0, 0.05) is 7.05 Å². The lowest BCUT2D eigenvalue weighted by Crippen LogP contribution is -2.01. The maximum atomic E-state index is 13.3. The Labute approximate surface area is 123 Å². The van der Waals surface area contributed by atoms with Crippen molar-refractivity contribution in [3.05, 3.63) is 40.5 Å². The number of rotatable bonds is 3. The summed E-state index contributed by atoms with van der Waals surface area (Å²) in [6, 6.07) is 6.06. The summed E-state index contributed by atoms with van der Waals surface area (Å²) in [5.74, 6) is 0.726. The van der Waals surface area contributed by atoms with Crippen LogP contribution in [-0.4, -0.2) is 17.0 Å². The van der Waals surface area contributed by atoms with Crippen LogP contribution in [0.5, 0.6) is 0 Å². The molecule has 2 aromatic heterocycles. The van der Waals surface area contributed by atoms with Gasteiger partial charge in [0.05, 0.1) is 16.1 Å². The summed E-state index contributed by atoms with van der Waals surface area (Å²) in [7, 11) is 1.74. The monoisotopic (exact) mass is 308 g/mol. The molecule has 4 nitrogen and oxygen atoms in total. The summed E-state index contributed by atoms with van der Waals surface area (Å²) in [4.78, 5) is 9.54. The van der Waals surface area contributed by atoms with Gasteiger partial charge in [-0.2, -0.15) is 4.98 Å². The normalized spacial score (nSPS) is 10.8. The predicted molar refractivity (Wildman–Crippen MR) is 81.7 cm³/mol. The van der Waals surface area contributed by atoms with Crippen molar-refractivity contribution in [2.24, 2.45) is 0 Å². The van der Waals surface area contributed by atoms with Gasteiger partial charge in [0.25, 0.3) is 0 Å². The van der Waals surface area contributed by atoms with Crippen LogP contribution >= 0.6 is 22.9 Å². The molecule has 0 saturated heterocycles. The highest BCUT2D eigenvalue weighted by molar-refractivity contribution is 7.16. The van der Waals surface area contributed by atoms with Crippen molar-refractivity contribution >= 4 is 50.6 Å². The van der Waals surface area contributed by atoms with Crippen LogP contribution in [0.25, 0.3) is 10.2 Å². The van der Waals surface area contributed by atoms with E-state index in [9.17, 15) is 4.39 Å². The Balaban J connectivity index is 2.09. The molecule has 20 heavy (non-hydrogen) atoms. The largest absolute Gasteiger partial charge is 0.357 e. The third kappa shape index (κ3) is 2.39. The Morgan fingerprint density at radius 2 is 2.10 bits per heavy atom. The Morgan fingerprint density at radius 1 is 1.25 bits per heavy atom. The van der Waals surface area contributed by atoms with Gasteiger partial charge in [0.1, 0.15) is 16.5 Å². The lowest BCUT2D eigenvalue weighted by Gasteiger charge is -2.10. The average molecular weight is 309 g/mol. The molecule has 0 bridgehead atoms. The first-order valence-electron chi connectivity index (χ1n) is 5.82. The maximum Gasteiger partial charge on any atom is 0.225 e. The molecule has 0 fully saturated rings. The molecule has 0 amide bonds. The highest BCUT2D eigenvalue weighted by atomic mass is 35.5. The molecular weight excluding hydrogens is 299 g/mol. The summed E-state index contributed by atoms with van der Waals surface area (Å²) in [6.45, 7) is 0. The maximum absolute atomic E-state index is 13.3. The minimum Gasteiger partial charge on any atom is -0.357 e. The van der Waals surface area contributed by atoms with E-state index in [0.29, 0.717) is 22.5 Å². The molecule has 0 atom stereocenters. The number of thiophene rings is 1. The Bertz CT molecular complexity index is 774. The zero-order chi connectivity index (χ0) is 14.1. The fraction of sp³-hybridized carbons (Fsp3) is 0.0769. The minimum absolute atomic E-state index is 0.360. The number of nitrogens with one attached hydrogen (secondary N) is 2. The van der Waals surface area contributed by atoms with Crippen LogP contribution in [0.3, 0.4) is 0 Å². The van der Waals surface area contributed by atoms with Crippen LogP contribution in [-0.2, 0) is 0 Å². The van der Waals surface area contributed by atoms with Crippen LogP contribution in [0.15, 0.2) is 29.6 Å². The Kier molecular flexibility index (Phi) is 3.42. The number of halogens is 2. The first-order valence-corrected chi connectivity index (χ1v) is 7.08. The number of benzene rings is 1. The van der Waals surface area contributed by atoms with Crippen molar-refractivity contribution in [2.45, 2.75) is 0 Å². The first kappa shape index (κ1) is 13.1. The van der Waals surface area contributed by atoms with Gasteiger partial charge < -0.3 is 10.6 Å². The van der Waals surface area contributed by atoms with Gasteiger partial charge >= 0.3 is 0 Å². The molecular formula is C13H10ClFN4S. The highest BCUT2D eigenvalue weighted by Gasteiger charge is 2.10. The molecule has 2 N–H and O–H groups in total. The van der Waals surface area contributed by atoms with Crippen molar-refractivity contribution in [3.8, 4) is 0 Å². The molecule has 0 unspecified atom stereocenters. The minimum atomic E-state index is -0.360. The van der Waals surface area contributed by atoms with Crippen LogP contribution in [0.4, 0.5) is 21.8 Å². The fourth-order valence-corrected chi connectivity index (χ4v) is 2.71. The number of hydrogen-bond acceptors (Lipinski definition) is 5. The van der Waals surface area contributed by atoms with Crippen LogP contribution in [0.2, 0.25) is 5.02 Å². The third-order valence-corrected chi connectivity index (χ3v) is 3.87. The van der Waals surface area contributed by atoms with E-state index in [1.165, 1.54) is 29.5 Å². The van der Waals surface area contributed by atoms with Gasteiger partial charge in [0.2, 0.25) is 5.95 Å². The van der Waals surface area contributed by atoms with Crippen molar-refractivity contribution in [2.75, 3.05) is 17.7 Å². The number of anilines is 3. The van der Waals surface area contributed by atoms with Gasteiger partial charge in [-0.1, -0.05) is 11.6 Å². The molecule has 102 valence electrons. The first-order chi connectivity index (χ1) is 9.67. The van der Waals surface area contributed by atoms with Crippen LogP contribution < -0.4 is 10.6 Å². The van der Waals surface area contributed by atoms with Crippen molar-refractivity contribution in [1.29, 1.82) is 0 Å². The highest BCUT2D eigenvalue weighted by Crippen LogP contribution is 2.31. The molecule has 7 heteroatoms. The van der Waals surface area contributed by atoms with Crippen LogP contribution in [0, 0.1) is 5.82 Å². The number of nitrogens with zero attached hydrogens (tertiary/aromatic N) is 2. The zero-order valence-corrected chi connectivity index (χ0v) is 12.0. The van der Waals surface area contributed by atoms with E-state index in [-0.39, 0.29) is 5.82 Å². The number of fused-ring (bicyclic) bond motifs is 1. The Hall–Kier alpha value is -1.92. The molecule has 1 aromatic carbocycles. The number of hydrogen-bond donors (Lipinski definition) is 2.